The highest BCUT2D eigenvalue weighted by atomic mass is 16.5. The van der Waals surface area contributed by atoms with Gasteiger partial charge in [-0.05, 0) is 23.0 Å². The molecule has 6 heteroatoms. The molecule has 0 radical (unpaired) electrons. The fourth-order valence-electron chi connectivity index (χ4n) is 3.38. The van der Waals surface area contributed by atoms with Gasteiger partial charge in [0.15, 0.2) is 0 Å². The van der Waals surface area contributed by atoms with Crippen molar-refractivity contribution < 1.29 is 28.4 Å². The lowest BCUT2D eigenvalue weighted by Crippen LogP contribution is -2.22. The lowest BCUT2D eigenvalue weighted by molar-refractivity contribution is 0.0441. The summed E-state index contributed by atoms with van der Waals surface area (Å²) in [5.41, 5.74) is 2.12. The van der Waals surface area contributed by atoms with E-state index in [1.807, 2.05) is 0 Å². The summed E-state index contributed by atoms with van der Waals surface area (Å²) in [5.74, 6) is 2.39. The molecule has 2 unspecified atom stereocenters. The molecular weight excluding hydrogens is 432 g/mol. The van der Waals surface area contributed by atoms with Crippen LogP contribution >= 0.6 is 0 Å². The van der Waals surface area contributed by atoms with Crippen LogP contribution < -0.4 is 9.47 Å². The highest BCUT2D eigenvalue weighted by Crippen LogP contribution is 2.41. The number of rotatable bonds is 16. The number of hydrogen-bond acceptors (Lipinski definition) is 6. The molecule has 0 aromatic heterocycles. The minimum Gasteiger partial charge on any atom is -0.493 e. The van der Waals surface area contributed by atoms with Crippen molar-refractivity contribution in [2.24, 2.45) is 11.8 Å². The Labute approximate surface area is 208 Å². The second-order valence-electron chi connectivity index (χ2n) is 11.3. The molecule has 0 spiro atoms. The van der Waals surface area contributed by atoms with Crippen LogP contribution in [0.1, 0.15) is 66.5 Å². The van der Waals surface area contributed by atoms with Gasteiger partial charge in [0.2, 0.25) is 0 Å². The van der Waals surface area contributed by atoms with E-state index in [2.05, 4.69) is 67.5 Å². The monoisotopic (exact) mass is 482 g/mol. The van der Waals surface area contributed by atoms with E-state index in [1.165, 1.54) is 0 Å². The van der Waals surface area contributed by atoms with E-state index in [0.717, 1.165) is 22.6 Å². The molecule has 0 saturated carbocycles. The summed E-state index contributed by atoms with van der Waals surface area (Å²) in [5, 5.41) is 0. The van der Waals surface area contributed by atoms with Crippen LogP contribution in [-0.4, -0.2) is 67.1 Å². The van der Waals surface area contributed by atoms with Gasteiger partial charge in [0, 0.05) is 37.2 Å². The predicted molar refractivity (Wildman–Crippen MR) is 139 cm³/mol. The summed E-state index contributed by atoms with van der Waals surface area (Å²) in [6.45, 7) is 22.4. The van der Waals surface area contributed by atoms with Gasteiger partial charge < -0.3 is 28.4 Å². The topological polar surface area (TPSA) is 55.4 Å². The summed E-state index contributed by atoms with van der Waals surface area (Å²) in [6, 6.07) is 4.35. The van der Waals surface area contributed by atoms with Crippen LogP contribution in [-0.2, 0) is 29.8 Å². The Balaban J connectivity index is 3.01. The van der Waals surface area contributed by atoms with Crippen molar-refractivity contribution >= 4 is 0 Å². The quantitative estimate of drug-likeness (QED) is 0.284. The van der Waals surface area contributed by atoms with E-state index in [9.17, 15) is 0 Å². The average molecular weight is 483 g/mol. The number of ether oxygens (including phenoxy) is 6. The molecule has 0 aliphatic rings. The fourth-order valence-corrected chi connectivity index (χ4v) is 3.38. The molecule has 1 rings (SSSR count). The molecule has 2 atom stereocenters. The third kappa shape index (κ3) is 11.4. The third-order valence-electron chi connectivity index (χ3n) is 5.41. The molecule has 0 heterocycles. The molecule has 0 N–H and O–H groups in total. The molecule has 1 aromatic carbocycles. The third-order valence-corrected chi connectivity index (χ3v) is 5.41. The molecule has 0 amide bonds. The molecule has 198 valence electrons. The van der Waals surface area contributed by atoms with Crippen molar-refractivity contribution in [3.05, 3.63) is 23.3 Å². The van der Waals surface area contributed by atoms with Gasteiger partial charge in [0.1, 0.15) is 11.5 Å². The maximum absolute atomic E-state index is 6.38. The molecule has 0 saturated heterocycles. The van der Waals surface area contributed by atoms with Gasteiger partial charge >= 0.3 is 0 Å². The molecular formula is C28H50O6. The smallest absolute Gasteiger partial charge is 0.123 e. The van der Waals surface area contributed by atoms with Crippen molar-refractivity contribution in [2.75, 3.05) is 67.1 Å². The van der Waals surface area contributed by atoms with Gasteiger partial charge in [-0.3, -0.25) is 0 Å². The van der Waals surface area contributed by atoms with Crippen LogP contribution in [0.5, 0.6) is 11.5 Å². The van der Waals surface area contributed by atoms with Crippen LogP contribution in [0, 0.1) is 11.8 Å². The Morgan fingerprint density at radius 3 is 1.24 bits per heavy atom. The van der Waals surface area contributed by atoms with Crippen LogP contribution in [0.2, 0.25) is 0 Å². The molecule has 0 aliphatic carbocycles. The second-order valence-corrected chi connectivity index (χ2v) is 11.3. The zero-order valence-electron chi connectivity index (χ0n) is 23.4. The number of benzene rings is 1. The van der Waals surface area contributed by atoms with E-state index >= 15 is 0 Å². The standard InChI is InChI=1S/C28H50O6/c1-21(17-31-13-11-29-9)19-33-25-15-24(28(6,7)8)26(16-23(25)27(3,4)5)34-20-22(2)18-32-14-12-30-10/h15-16,21-22H,11-14,17-20H2,1-10H3. The summed E-state index contributed by atoms with van der Waals surface area (Å²) in [4.78, 5) is 0. The van der Waals surface area contributed by atoms with Crippen molar-refractivity contribution in [3.63, 3.8) is 0 Å². The highest BCUT2D eigenvalue weighted by Gasteiger charge is 2.27. The first-order valence-electron chi connectivity index (χ1n) is 12.5. The normalized spacial score (nSPS) is 14.2. The van der Waals surface area contributed by atoms with E-state index in [0.29, 0.717) is 52.9 Å². The minimum atomic E-state index is -0.0864. The van der Waals surface area contributed by atoms with Crippen LogP contribution in [0.4, 0.5) is 0 Å². The zero-order valence-corrected chi connectivity index (χ0v) is 23.4. The Kier molecular flexibility index (Phi) is 13.5. The van der Waals surface area contributed by atoms with Gasteiger partial charge in [-0.2, -0.15) is 0 Å². The summed E-state index contributed by atoms with van der Waals surface area (Å²) in [6.07, 6.45) is 0. The lowest BCUT2D eigenvalue weighted by Gasteiger charge is -2.30. The van der Waals surface area contributed by atoms with Gasteiger partial charge in [0.05, 0.1) is 52.9 Å². The second kappa shape index (κ2) is 14.9. The molecule has 0 bridgehead atoms. The van der Waals surface area contributed by atoms with Crippen LogP contribution in [0.15, 0.2) is 12.1 Å². The number of methoxy groups -OCH3 is 2. The Bertz CT molecular complexity index is 630. The van der Waals surface area contributed by atoms with Crippen molar-refractivity contribution in [1.29, 1.82) is 0 Å². The van der Waals surface area contributed by atoms with Crippen molar-refractivity contribution in [1.82, 2.24) is 0 Å². The maximum Gasteiger partial charge on any atom is 0.123 e. The Morgan fingerprint density at radius 2 is 0.941 bits per heavy atom. The van der Waals surface area contributed by atoms with Crippen LogP contribution in [0.25, 0.3) is 0 Å². The predicted octanol–water partition coefficient (Wildman–Crippen LogP) is 5.64. The largest absolute Gasteiger partial charge is 0.493 e. The van der Waals surface area contributed by atoms with Crippen molar-refractivity contribution in [2.45, 2.75) is 66.2 Å². The van der Waals surface area contributed by atoms with E-state index in [1.54, 1.807) is 14.2 Å². The average Bonchev–Trinajstić information content (AvgIpc) is 2.75. The molecule has 1 aromatic rings. The molecule has 0 fully saturated rings. The van der Waals surface area contributed by atoms with Crippen molar-refractivity contribution in [3.8, 4) is 11.5 Å². The van der Waals surface area contributed by atoms with Gasteiger partial charge in [-0.25, -0.2) is 0 Å². The first kappa shape index (κ1) is 30.7. The molecule has 6 nitrogen and oxygen atoms in total. The van der Waals surface area contributed by atoms with E-state index < -0.39 is 0 Å². The first-order chi connectivity index (χ1) is 15.9. The minimum absolute atomic E-state index is 0.0864. The molecule has 34 heavy (non-hydrogen) atoms. The number of hydrogen-bond donors (Lipinski definition) is 0. The van der Waals surface area contributed by atoms with Gasteiger partial charge in [0.25, 0.3) is 0 Å². The first-order valence-corrected chi connectivity index (χ1v) is 12.5. The zero-order chi connectivity index (χ0) is 25.8. The van der Waals surface area contributed by atoms with E-state index in [-0.39, 0.29) is 22.7 Å². The summed E-state index contributed by atoms with van der Waals surface area (Å²) < 4.78 is 34.2. The SMILES string of the molecule is COCCOCC(C)COc1cc(C(C)(C)C)c(OCC(C)COCCOC)cc1C(C)(C)C. The Morgan fingerprint density at radius 1 is 0.588 bits per heavy atom. The van der Waals surface area contributed by atoms with Gasteiger partial charge in [-0.1, -0.05) is 55.4 Å². The van der Waals surface area contributed by atoms with Crippen LogP contribution in [0.3, 0.4) is 0 Å². The lowest BCUT2D eigenvalue weighted by atomic mass is 9.81. The van der Waals surface area contributed by atoms with Gasteiger partial charge in [-0.15, -0.1) is 0 Å². The molecule has 0 aliphatic heterocycles. The maximum atomic E-state index is 6.38. The Hall–Kier alpha value is -1.34. The highest BCUT2D eigenvalue weighted by molar-refractivity contribution is 5.51. The fraction of sp³-hybridized carbons (Fsp3) is 0.786. The summed E-state index contributed by atoms with van der Waals surface area (Å²) >= 11 is 0. The van der Waals surface area contributed by atoms with E-state index in [4.69, 9.17) is 28.4 Å². The summed E-state index contributed by atoms with van der Waals surface area (Å²) in [7, 11) is 3.36.